The molecule has 3 N–H and O–H groups in total. The van der Waals surface area contributed by atoms with Crippen LogP contribution in [0.1, 0.15) is 19.8 Å². The van der Waals surface area contributed by atoms with Crippen LogP contribution in [0.2, 0.25) is 0 Å². The van der Waals surface area contributed by atoms with Crippen molar-refractivity contribution in [2.75, 3.05) is 12.8 Å². The van der Waals surface area contributed by atoms with Crippen molar-refractivity contribution >= 4 is 33.6 Å². The molecule has 0 aromatic carbocycles. The number of likely N-dealkylation sites (N-methyl/N-ethyl adjacent to an activating group) is 1. The van der Waals surface area contributed by atoms with Crippen LogP contribution in [0.25, 0.3) is 0 Å². The molecule has 1 unspecified atom stereocenters. The first kappa shape index (κ1) is 15.5. The maximum Gasteiger partial charge on any atom is 0.237 e. The largest absolute Gasteiger partial charge is 0.368 e. The second-order valence-corrected chi connectivity index (χ2v) is 6.24. The molecule has 0 aliphatic carbocycles. The summed E-state index contributed by atoms with van der Waals surface area (Å²) in [6, 6.07) is 3.94. The molecule has 6 heteroatoms. The summed E-state index contributed by atoms with van der Waals surface area (Å²) in [6.45, 7) is 1.83. The van der Waals surface area contributed by atoms with Crippen LogP contribution >= 0.6 is 27.7 Å². The molecule has 0 fully saturated rings. The second kappa shape index (κ2) is 7.11. The average Bonchev–Trinajstić information content (AvgIpc) is 2.36. The molecule has 0 saturated heterocycles. The van der Waals surface area contributed by atoms with Gasteiger partial charge >= 0.3 is 0 Å². The average molecular weight is 332 g/mol. The molecule has 0 radical (unpaired) electrons. The van der Waals surface area contributed by atoms with Crippen molar-refractivity contribution in [1.29, 1.82) is 0 Å². The van der Waals surface area contributed by atoms with Gasteiger partial charge in [-0.15, -0.1) is 11.8 Å². The topological polar surface area (TPSA) is 68.0 Å². The lowest BCUT2D eigenvalue weighted by molar-refractivity contribution is -0.123. The van der Waals surface area contributed by atoms with E-state index in [0.717, 1.165) is 28.1 Å². The third-order valence-electron chi connectivity index (χ3n) is 2.87. The molecular formula is C12H18BrN3OS. The number of amides is 1. The summed E-state index contributed by atoms with van der Waals surface area (Å²) < 4.78 is 0.975. The van der Waals surface area contributed by atoms with Gasteiger partial charge in [0.2, 0.25) is 5.91 Å². The van der Waals surface area contributed by atoms with Gasteiger partial charge in [0.25, 0.3) is 0 Å². The standard InChI is InChI=1S/C12H18BrN3OS/c1-12(15-2,11(14)17)6-3-7-18-10-5-4-9(13)8-16-10/h4-5,8,15H,3,6-7H2,1-2H3,(H2,14,17). The summed E-state index contributed by atoms with van der Waals surface area (Å²) in [4.78, 5) is 15.6. The van der Waals surface area contributed by atoms with Gasteiger partial charge in [-0.05, 0) is 60.6 Å². The Balaban J connectivity index is 2.34. The van der Waals surface area contributed by atoms with Crippen LogP contribution in [-0.4, -0.2) is 29.2 Å². The summed E-state index contributed by atoms with van der Waals surface area (Å²) in [5, 5.41) is 3.97. The first-order valence-electron chi connectivity index (χ1n) is 5.71. The molecule has 1 heterocycles. The predicted molar refractivity (Wildman–Crippen MR) is 78.6 cm³/mol. The SMILES string of the molecule is CNC(C)(CCCSc1ccc(Br)cn1)C(N)=O. The highest BCUT2D eigenvalue weighted by atomic mass is 79.9. The quantitative estimate of drug-likeness (QED) is 0.593. The fourth-order valence-corrected chi connectivity index (χ4v) is 2.45. The molecule has 0 spiro atoms. The summed E-state index contributed by atoms with van der Waals surface area (Å²) in [7, 11) is 1.76. The Labute approximate surface area is 120 Å². The van der Waals surface area contributed by atoms with Crippen molar-refractivity contribution in [3.63, 3.8) is 0 Å². The number of pyridine rings is 1. The Kier molecular flexibility index (Phi) is 6.11. The number of hydrogen-bond donors (Lipinski definition) is 2. The Bertz CT molecular complexity index is 399. The van der Waals surface area contributed by atoms with Crippen molar-refractivity contribution in [3.05, 3.63) is 22.8 Å². The smallest absolute Gasteiger partial charge is 0.237 e. The Morgan fingerprint density at radius 1 is 1.61 bits per heavy atom. The van der Waals surface area contributed by atoms with E-state index in [1.807, 2.05) is 19.1 Å². The number of rotatable bonds is 7. The maximum atomic E-state index is 11.3. The van der Waals surface area contributed by atoms with E-state index in [1.54, 1.807) is 25.0 Å². The Hall–Kier alpha value is -0.590. The molecule has 1 amide bonds. The number of nitrogens with zero attached hydrogens (tertiary/aromatic N) is 1. The first-order valence-corrected chi connectivity index (χ1v) is 7.49. The number of nitrogens with two attached hydrogens (primary N) is 1. The Morgan fingerprint density at radius 2 is 2.33 bits per heavy atom. The van der Waals surface area contributed by atoms with Gasteiger partial charge < -0.3 is 11.1 Å². The van der Waals surface area contributed by atoms with Crippen LogP contribution in [0.4, 0.5) is 0 Å². The highest BCUT2D eigenvalue weighted by Gasteiger charge is 2.27. The van der Waals surface area contributed by atoms with Gasteiger partial charge in [0.05, 0.1) is 10.6 Å². The van der Waals surface area contributed by atoms with E-state index in [-0.39, 0.29) is 5.91 Å². The van der Waals surface area contributed by atoms with E-state index in [1.165, 1.54) is 0 Å². The number of carbonyl (C=O) groups excluding carboxylic acids is 1. The van der Waals surface area contributed by atoms with Crippen LogP contribution in [0.5, 0.6) is 0 Å². The fraction of sp³-hybridized carbons (Fsp3) is 0.500. The van der Waals surface area contributed by atoms with Crippen molar-refractivity contribution < 1.29 is 4.79 Å². The molecule has 0 aliphatic rings. The minimum atomic E-state index is -0.617. The van der Waals surface area contributed by atoms with E-state index in [0.29, 0.717) is 0 Å². The zero-order valence-corrected chi connectivity index (χ0v) is 13.0. The number of halogens is 1. The molecule has 18 heavy (non-hydrogen) atoms. The normalized spacial score (nSPS) is 14.2. The lowest BCUT2D eigenvalue weighted by atomic mass is 9.96. The third kappa shape index (κ3) is 4.59. The molecule has 4 nitrogen and oxygen atoms in total. The molecule has 0 bridgehead atoms. The second-order valence-electron chi connectivity index (χ2n) is 4.21. The monoisotopic (exact) mass is 331 g/mol. The fourth-order valence-electron chi connectivity index (χ4n) is 1.42. The van der Waals surface area contributed by atoms with E-state index in [4.69, 9.17) is 5.73 Å². The minimum Gasteiger partial charge on any atom is -0.368 e. The highest BCUT2D eigenvalue weighted by molar-refractivity contribution is 9.10. The Morgan fingerprint density at radius 3 is 2.83 bits per heavy atom. The van der Waals surface area contributed by atoms with Gasteiger partial charge in [-0.25, -0.2) is 4.98 Å². The lowest BCUT2D eigenvalue weighted by Gasteiger charge is -2.25. The summed E-state index contributed by atoms with van der Waals surface area (Å²) in [6.07, 6.45) is 3.41. The molecular weight excluding hydrogens is 314 g/mol. The molecule has 1 aromatic heterocycles. The van der Waals surface area contributed by atoms with Crippen molar-refractivity contribution in [3.8, 4) is 0 Å². The number of hydrogen-bond acceptors (Lipinski definition) is 4. The summed E-state index contributed by atoms with van der Waals surface area (Å²) in [5.41, 5.74) is 4.75. The van der Waals surface area contributed by atoms with Crippen LogP contribution < -0.4 is 11.1 Å². The van der Waals surface area contributed by atoms with E-state index in [2.05, 4.69) is 26.2 Å². The number of primary amides is 1. The number of nitrogens with one attached hydrogen (secondary N) is 1. The maximum absolute atomic E-state index is 11.3. The molecule has 100 valence electrons. The molecule has 1 aromatic rings. The zero-order chi connectivity index (χ0) is 13.6. The van der Waals surface area contributed by atoms with Gasteiger partial charge in [-0.2, -0.15) is 0 Å². The van der Waals surface area contributed by atoms with Crippen LogP contribution in [0.15, 0.2) is 27.8 Å². The molecule has 0 aliphatic heterocycles. The zero-order valence-electron chi connectivity index (χ0n) is 10.6. The summed E-state index contributed by atoms with van der Waals surface area (Å²) >= 11 is 5.03. The van der Waals surface area contributed by atoms with Crippen molar-refractivity contribution in [2.45, 2.75) is 30.3 Å². The molecule has 0 saturated carbocycles. The first-order chi connectivity index (χ1) is 8.48. The van der Waals surface area contributed by atoms with Gasteiger partial charge in [0.15, 0.2) is 0 Å². The van der Waals surface area contributed by atoms with Crippen molar-refractivity contribution in [1.82, 2.24) is 10.3 Å². The van der Waals surface area contributed by atoms with E-state index >= 15 is 0 Å². The molecule has 1 rings (SSSR count). The summed E-state index contributed by atoms with van der Waals surface area (Å²) in [5.74, 6) is 0.607. The van der Waals surface area contributed by atoms with Gasteiger partial charge in [0.1, 0.15) is 0 Å². The van der Waals surface area contributed by atoms with Crippen molar-refractivity contribution in [2.24, 2.45) is 5.73 Å². The van der Waals surface area contributed by atoms with Gasteiger partial charge in [0, 0.05) is 10.7 Å². The minimum absolute atomic E-state index is 0.309. The van der Waals surface area contributed by atoms with E-state index < -0.39 is 5.54 Å². The third-order valence-corrected chi connectivity index (χ3v) is 4.37. The predicted octanol–water partition coefficient (Wildman–Crippen LogP) is 2.18. The highest BCUT2D eigenvalue weighted by Crippen LogP contribution is 2.20. The lowest BCUT2D eigenvalue weighted by Crippen LogP contribution is -2.51. The van der Waals surface area contributed by atoms with Gasteiger partial charge in [-0.3, -0.25) is 4.79 Å². The number of thioether (sulfide) groups is 1. The van der Waals surface area contributed by atoms with Crippen LogP contribution in [0.3, 0.4) is 0 Å². The number of aromatic nitrogens is 1. The van der Waals surface area contributed by atoms with Gasteiger partial charge in [-0.1, -0.05) is 0 Å². The van der Waals surface area contributed by atoms with E-state index in [9.17, 15) is 4.79 Å². The molecule has 1 atom stereocenters. The number of carbonyl (C=O) groups is 1. The van der Waals surface area contributed by atoms with Crippen LogP contribution in [0, 0.1) is 0 Å². The van der Waals surface area contributed by atoms with Crippen LogP contribution in [-0.2, 0) is 4.79 Å².